The number of aromatic nitrogens is 1. The molecule has 0 spiro atoms. The molecule has 0 amide bonds. The summed E-state index contributed by atoms with van der Waals surface area (Å²) in [7, 11) is 0. The third kappa shape index (κ3) is 2.71. The minimum atomic E-state index is -0.264. The molecular formula is C16H12FNO. The Balaban J connectivity index is 1.82. The number of oxazole rings is 1. The van der Waals surface area contributed by atoms with Gasteiger partial charge in [0.2, 0.25) is 5.89 Å². The van der Waals surface area contributed by atoms with Crippen LogP contribution < -0.4 is 0 Å². The minimum absolute atomic E-state index is 0.264. The van der Waals surface area contributed by atoms with Crippen molar-refractivity contribution in [3.8, 4) is 11.5 Å². The first-order valence-electron chi connectivity index (χ1n) is 6.05. The zero-order valence-corrected chi connectivity index (χ0v) is 10.2. The standard InChI is InChI=1S/C16H12FNO/c17-14-8-6-13(7-9-14)16-18-15(11-19-16)10-12-4-2-1-3-5-12/h1-9,11H,10H2. The lowest BCUT2D eigenvalue weighted by molar-refractivity contribution is 0.572. The zero-order valence-electron chi connectivity index (χ0n) is 10.2. The van der Waals surface area contributed by atoms with Crippen LogP contribution in [0, 0.1) is 5.82 Å². The van der Waals surface area contributed by atoms with E-state index in [4.69, 9.17) is 4.42 Å². The lowest BCUT2D eigenvalue weighted by Gasteiger charge is -1.96. The van der Waals surface area contributed by atoms with Crippen molar-refractivity contribution in [3.05, 3.63) is 77.9 Å². The first-order valence-corrected chi connectivity index (χ1v) is 6.05. The molecule has 0 aliphatic rings. The highest BCUT2D eigenvalue weighted by molar-refractivity contribution is 5.52. The first-order chi connectivity index (χ1) is 9.31. The topological polar surface area (TPSA) is 26.0 Å². The van der Waals surface area contributed by atoms with Crippen molar-refractivity contribution in [1.29, 1.82) is 0 Å². The maximum atomic E-state index is 12.8. The Labute approximate surface area is 110 Å². The molecule has 0 N–H and O–H groups in total. The van der Waals surface area contributed by atoms with E-state index in [1.165, 1.54) is 17.7 Å². The molecular weight excluding hydrogens is 241 g/mol. The quantitative estimate of drug-likeness (QED) is 0.703. The Hall–Kier alpha value is -2.42. The van der Waals surface area contributed by atoms with Gasteiger partial charge in [0.25, 0.3) is 0 Å². The average Bonchev–Trinajstić information content (AvgIpc) is 2.89. The van der Waals surface area contributed by atoms with Gasteiger partial charge in [0.1, 0.15) is 12.1 Å². The van der Waals surface area contributed by atoms with Crippen LogP contribution in [0.25, 0.3) is 11.5 Å². The number of rotatable bonds is 3. The van der Waals surface area contributed by atoms with Gasteiger partial charge in [-0.15, -0.1) is 0 Å². The average molecular weight is 253 g/mol. The fourth-order valence-electron chi connectivity index (χ4n) is 1.92. The van der Waals surface area contributed by atoms with E-state index in [1.54, 1.807) is 18.4 Å². The third-order valence-electron chi connectivity index (χ3n) is 2.87. The molecule has 0 atom stereocenters. The second-order valence-electron chi connectivity index (χ2n) is 4.31. The van der Waals surface area contributed by atoms with E-state index >= 15 is 0 Å². The Kier molecular flexibility index (Phi) is 3.11. The SMILES string of the molecule is Fc1ccc(-c2nc(Cc3ccccc3)co2)cc1. The highest BCUT2D eigenvalue weighted by atomic mass is 19.1. The predicted octanol–water partition coefficient (Wildman–Crippen LogP) is 4.07. The molecule has 0 bridgehead atoms. The minimum Gasteiger partial charge on any atom is -0.444 e. The van der Waals surface area contributed by atoms with Gasteiger partial charge in [-0.3, -0.25) is 0 Å². The number of benzene rings is 2. The molecule has 0 saturated carbocycles. The molecule has 1 heterocycles. The summed E-state index contributed by atoms with van der Waals surface area (Å²) in [6.07, 6.45) is 2.37. The van der Waals surface area contributed by atoms with Crippen LogP contribution in [0.3, 0.4) is 0 Å². The fourth-order valence-corrected chi connectivity index (χ4v) is 1.92. The maximum Gasteiger partial charge on any atom is 0.226 e. The van der Waals surface area contributed by atoms with E-state index in [0.717, 1.165) is 17.7 Å². The van der Waals surface area contributed by atoms with Crippen LogP contribution in [0.4, 0.5) is 4.39 Å². The van der Waals surface area contributed by atoms with Gasteiger partial charge in [-0.05, 0) is 29.8 Å². The van der Waals surface area contributed by atoms with Crippen molar-refractivity contribution in [1.82, 2.24) is 4.98 Å². The lowest BCUT2D eigenvalue weighted by Crippen LogP contribution is -1.87. The summed E-state index contributed by atoms with van der Waals surface area (Å²) >= 11 is 0. The molecule has 19 heavy (non-hydrogen) atoms. The van der Waals surface area contributed by atoms with Gasteiger partial charge in [0, 0.05) is 12.0 Å². The summed E-state index contributed by atoms with van der Waals surface area (Å²) in [5, 5.41) is 0. The molecule has 0 fully saturated rings. The predicted molar refractivity (Wildman–Crippen MR) is 71.1 cm³/mol. The van der Waals surface area contributed by atoms with Crippen LogP contribution in [-0.4, -0.2) is 4.98 Å². The molecule has 0 aliphatic carbocycles. The van der Waals surface area contributed by atoms with E-state index < -0.39 is 0 Å². The van der Waals surface area contributed by atoms with Crippen LogP contribution in [0.1, 0.15) is 11.3 Å². The molecule has 2 nitrogen and oxygen atoms in total. The lowest BCUT2D eigenvalue weighted by atomic mass is 10.1. The molecule has 94 valence electrons. The Morgan fingerprint density at radius 2 is 1.68 bits per heavy atom. The van der Waals surface area contributed by atoms with Crippen LogP contribution in [0.2, 0.25) is 0 Å². The molecule has 1 aromatic heterocycles. The van der Waals surface area contributed by atoms with E-state index in [1.807, 2.05) is 30.3 Å². The monoisotopic (exact) mass is 253 g/mol. The molecule has 0 saturated heterocycles. The van der Waals surface area contributed by atoms with Crippen LogP contribution in [-0.2, 0) is 6.42 Å². The number of hydrogen-bond donors (Lipinski definition) is 0. The Morgan fingerprint density at radius 3 is 2.42 bits per heavy atom. The summed E-state index contributed by atoms with van der Waals surface area (Å²) in [4.78, 5) is 4.42. The van der Waals surface area contributed by atoms with Gasteiger partial charge in [-0.2, -0.15) is 0 Å². The summed E-state index contributed by atoms with van der Waals surface area (Å²) in [6.45, 7) is 0. The van der Waals surface area contributed by atoms with E-state index in [9.17, 15) is 4.39 Å². The number of halogens is 1. The molecule has 3 rings (SSSR count). The molecule has 2 aromatic carbocycles. The van der Waals surface area contributed by atoms with E-state index in [0.29, 0.717) is 5.89 Å². The molecule has 3 heteroatoms. The van der Waals surface area contributed by atoms with Gasteiger partial charge in [-0.1, -0.05) is 30.3 Å². The smallest absolute Gasteiger partial charge is 0.226 e. The van der Waals surface area contributed by atoms with E-state index in [-0.39, 0.29) is 5.82 Å². The third-order valence-corrected chi connectivity index (χ3v) is 2.87. The number of hydrogen-bond acceptors (Lipinski definition) is 2. The zero-order chi connectivity index (χ0) is 13.1. The molecule has 0 aliphatic heterocycles. The first kappa shape index (κ1) is 11.7. The van der Waals surface area contributed by atoms with Crippen LogP contribution in [0.5, 0.6) is 0 Å². The Morgan fingerprint density at radius 1 is 0.947 bits per heavy atom. The molecule has 3 aromatic rings. The maximum absolute atomic E-state index is 12.8. The molecule has 0 unspecified atom stereocenters. The van der Waals surface area contributed by atoms with Crippen LogP contribution in [0.15, 0.2) is 65.3 Å². The fraction of sp³-hybridized carbons (Fsp3) is 0.0625. The number of nitrogens with zero attached hydrogens (tertiary/aromatic N) is 1. The largest absolute Gasteiger partial charge is 0.444 e. The van der Waals surface area contributed by atoms with Crippen molar-refractivity contribution in [2.24, 2.45) is 0 Å². The van der Waals surface area contributed by atoms with E-state index in [2.05, 4.69) is 4.98 Å². The van der Waals surface area contributed by atoms with Crippen molar-refractivity contribution in [2.45, 2.75) is 6.42 Å². The highest BCUT2D eigenvalue weighted by Gasteiger charge is 2.07. The van der Waals surface area contributed by atoms with Gasteiger partial charge in [-0.25, -0.2) is 9.37 Å². The summed E-state index contributed by atoms with van der Waals surface area (Å²) in [5.41, 5.74) is 2.83. The summed E-state index contributed by atoms with van der Waals surface area (Å²) < 4.78 is 18.3. The van der Waals surface area contributed by atoms with Crippen molar-refractivity contribution >= 4 is 0 Å². The van der Waals surface area contributed by atoms with Gasteiger partial charge < -0.3 is 4.42 Å². The van der Waals surface area contributed by atoms with Crippen molar-refractivity contribution in [3.63, 3.8) is 0 Å². The van der Waals surface area contributed by atoms with Crippen LogP contribution >= 0.6 is 0 Å². The normalized spacial score (nSPS) is 10.6. The van der Waals surface area contributed by atoms with Crippen molar-refractivity contribution < 1.29 is 8.81 Å². The second kappa shape index (κ2) is 5.06. The molecule has 0 radical (unpaired) electrons. The van der Waals surface area contributed by atoms with Gasteiger partial charge >= 0.3 is 0 Å². The summed E-state index contributed by atoms with van der Waals surface area (Å²) in [6, 6.07) is 16.2. The summed E-state index contributed by atoms with van der Waals surface area (Å²) in [5.74, 6) is 0.255. The van der Waals surface area contributed by atoms with Gasteiger partial charge in [0.15, 0.2) is 0 Å². The van der Waals surface area contributed by atoms with Gasteiger partial charge in [0.05, 0.1) is 5.69 Å². The second-order valence-corrected chi connectivity index (χ2v) is 4.31. The van der Waals surface area contributed by atoms with Crippen molar-refractivity contribution in [2.75, 3.05) is 0 Å². The highest BCUT2D eigenvalue weighted by Crippen LogP contribution is 2.20. The Bertz CT molecular complexity index is 659.